The molecule has 1 heterocycles. The highest BCUT2D eigenvalue weighted by Gasteiger charge is 2.28. The molecule has 1 saturated heterocycles. The summed E-state index contributed by atoms with van der Waals surface area (Å²) < 4.78 is 19.3. The van der Waals surface area contributed by atoms with Crippen LogP contribution in [0.25, 0.3) is 0 Å². The van der Waals surface area contributed by atoms with E-state index in [0.717, 1.165) is 0 Å². The van der Waals surface area contributed by atoms with Crippen molar-refractivity contribution in [1.29, 1.82) is 0 Å². The van der Waals surface area contributed by atoms with Crippen LogP contribution in [0.15, 0.2) is 22.7 Å². The van der Waals surface area contributed by atoms with Gasteiger partial charge in [-0.05, 0) is 31.0 Å². The molecule has 0 spiro atoms. The van der Waals surface area contributed by atoms with Gasteiger partial charge in [0, 0.05) is 24.5 Å². The minimum Gasteiger partial charge on any atom is -0.423 e. The fraction of sp³-hybridized carbons (Fsp3) is 0.429. The number of amides is 1. The molecule has 1 aromatic carbocycles. The van der Waals surface area contributed by atoms with E-state index >= 15 is 0 Å². The maximum absolute atomic E-state index is 13.6. The first-order valence-electron chi connectivity index (χ1n) is 6.39. The van der Waals surface area contributed by atoms with Crippen LogP contribution in [0, 0.1) is 11.7 Å². The maximum Gasteiger partial charge on any atom is 0.314 e. The van der Waals surface area contributed by atoms with Gasteiger partial charge in [0.25, 0.3) is 0 Å². The average molecular weight is 344 g/mol. The van der Waals surface area contributed by atoms with Gasteiger partial charge in [0.1, 0.15) is 0 Å². The van der Waals surface area contributed by atoms with E-state index in [1.807, 2.05) is 0 Å². The summed E-state index contributed by atoms with van der Waals surface area (Å²) in [6.07, 6.45) is 1.10. The quantitative estimate of drug-likeness (QED) is 0.612. The second kappa shape index (κ2) is 6.35. The lowest BCUT2D eigenvalue weighted by atomic mass is 9.97. The molecule has 0 aliphatic carbocycles. The molecule has 2 rings (SSSR count). The number of rotatable bonds is 2. The van der Waals surface area contributed by atoms with Crippen LogP contribution in [0.1, 0.15) is 19.8 Å². The van der Waals surface area contributed by atoms with E-state index in [0.29, 0.717) is 30.4 Å². The molecule has 0 N–H and O–H groups in total. The van der Waals surface area contributed by atoms with Crippen LogP contribution in [-0.2, 0) is 9.59 Å². The Bertz CT molecular complexity index is 527. The Kier molecular flexibility index (Phi) is 4.75. The number of hydrogen-bond donors (Lipinski definition) is 0. The predicted octanol–water partition coefficient (Wildman–Crippen LogP) is 2.75. The van der Waals surface area contributed by atoms with Gasteiger partial charge in [0.2, 0.25) is 5.91 Å². The van der Waals surface area contributed by atoms with Crippen molar-refractivity contribution >= 4 is 27.8 Å². The molecule has 0 bridgehead atoms. The summed E-state index contributed by atoms with van der Waals surface area (Å²) in [5.74, 6) is -1.35. The molecule has 1 amide bonds. The molecule has 0 saturated carbocycles. The number of halogens is 2. The Hall–Kier alpha value is -1.43. The lowest BCUT2D eigenvalue weighted by Gasteiger charge is -2.29. The number of likely N-dealkylation sites (tertiary alicyclic amines) is 1. The molecule has 4 nitrogen and oxygen atoms in total. The molecule has 20 heavy (non-hydrogen) atoms. The van der Waals surface area contributed by atoms with Gasteiger partial charge >= 0.3 is 5.97 Å². The zero-order valence-corrected chi connectivity index (χ0v) is 12.7. The Morgan fingerprint density at radius 3 is 2.55 bits per heavy atom. The van der Waals surface area contributed by atoms with E-state index in [2.05, 4.69) is 15.9 Å². The number of hydrogen-bond acceptors (Lipinski definition) is 3. The van der Waals surface area contributed by atoms with Crippen molar-refractivity contribution in [3.63, 3.8) is 0 Å². The van der Waals surface area contributed by atoms with Gasteiger partial charge in [-0.25, -0.2) is 4.39 Å². The zero-order chi connectivity index (χ0) is 14.7. The van der Waals surface area contributed by atoms with Gasteiger partial charge in [-0.2, -0.15) is 0 Å². The Labute approximate surface area is 125 Å². The largest absolute Gasteiger partial charge is 0.423 e. The smallest absolute Gasteiger partial charge is 0.314 e. The zero-order valence-electron chi connectivity index (χ0n) is 11.1. The van der Waals surface area contributed by atoms with Gasteiger partial charge in [-0.1, -0.05) is 15.9 Å². The normalized spacial score (nSPS) is 16.1. The number of ether oxygens (including phenoxy) is 1. The Morgan fingerprint density at radius 1 is 1.35 bits per heavy atom. The summed E-state index contributed by atoms with van der Waals surface area (Å²) in [4.78, 5) is 24.9. The van der Waals surface area contributed by atoms with Gasteiger partial charge in [0.05, 0.1) is 5.92 Å². The summed E-state index contributed by atoms with van der Waals surface area (Å²) in [6, 6.07) is 4.28. The Balaban J connectivity index is 1.94. The van der Waals surface area contributed by atoms with Gasteiger partial charge in [-0.3, -0.25) is 9.59 Å². The van der Waals surface area contributed by atoms with Crippen LogP contribution in [-0.4, -0.2) is 29.9 Å². The van der Waals surface area contributed by atoms with Crippen LogP contribution in [0.5, 0.6) is 5.75 Å². The number of esters is 1. The monoisotopic (exact) mass is 343 g/mol. The lowest BCUT2D eigenvalue weighted by Crippen LogP contribution is -2.40. The van der Waals surface area contributed by atoms with Crippen molar-refractivity contribution in [1.82, 2.24) is 4.90 Å². The molecule has 108 valence electrons. The average Bonchev–Trinajstić information content (AvgIpc) is 2.42. The SMILES string of the molecule is CC(=O)N1CCC(C(=O)Oc2ccc(Br)cc2F)CC1. The minimum absolute atomic E-state index is 0.00997. The number of carbonyl (C=O) groups is 2. The first-order valence-corrected chi connectivity index (χ1v) is 7.19. The van der Waals surface area contributed by atoms with E-state index in [1.54, 1.807) is 11.0 Å². The molecule has 0 unspecified atom stereocenters. The molecule has 1 aliphatic heterocycles. The van der Waals surface area contributed by atoms with Crippen LogP contribution < -0.4 is 4.74 Å². The summed E-state index contributed by atoms with van der Waals surface area (Å²) >= 11 is 3.14. The topological polar surface area (TPSA) is 46.6 Å². The van der Waals surface area contributed by atoms with Crippen molar-refractivity contribution in [2.24, 2.45) is 5.92 Å². The van der Waals surface area contributed by atoms with Crippen molar-refractivity contribution in [3.05, 3.63) is 28.5 Å². The summed E-state index contributed by atoms with van der Waals surface area (Å²) in [5, 5.41) is 0. The van der Waals surface area contributed by atoms with Crippen molar-refractivity contribution < 1.29 is 18.7 Å². The predicted molar refractivity (Wildman–Crippen MR) is 74.7 cm³/mol. The van der Waals surface area contributed by atoms with Crippen molar-refractivity contribution in [2.75, 3.05) is 13.1 Å². The van der Waals surface area contributed by atoms with E-state index in [-0.39, 0.29) is 17.6 Å². The highest BCUT2D eigenvalue weighted by atomic mass is 79.9. The summed E-state index contributed by atoms with van der Waals surface area (Å²) in [7, 11) is 0. The third-order valence-corrected chi connectivity index (χ3v) is 3.87. The second-order valence-corrected chi connectivity index (χ2v) is 5.69. The fourth-order valence-corrected chi connectivity index (χ4v) is 2.51. The standard InChI is InChI=1S/C14H15BrFNO3/c1-9(18)17-6-4-10(5-7-17)14(19)20-13-3-2-11(15)8-12(13)16/h2-3,8,10H,4-7H2,1H3. The van der Waals surface area contributed by atoms with E-state index in [9.17, 15) is 14.0 Å². The molecule has 1 aromatic rings. The fourth-order valence-electron chi connectivity index (χ4n) is 2.18. The third-order valence-electron chi connectivity index (χ3n) is 3.38. The van der Waals surface area contributed by atoms with E-state index < -0.39 is 11.8 Å². The molecular weight excluding hydrogens is 329 g/mol. The molecular formula is C14H15BrFNO3. The van der Waals surface area contributed by atoms with E-state index in [1.165, 1.54) is 19.1 Å². The van der Waals surface area contributed by atoms with Crippen molar-refractivity contribution in [2.45, 2.75) is 19.8 Å². The van der Waals surface area contributed by atoms with Gasteiger partial charge in [-0.15, -0.1) is 0 Å². The summed E-state index contributed by atoms with van der Waals surface area (Å²) in [6.45, 7) is 2.59. The third kappa shape index (κ3) is 3.56. The number of nitrogens with zero attached hydrogens (tertiary/aromatic N) is 1. The van der Waals surface area contributed by atoms with Crippen LogP contribution in [0.2, 0.25) is 0 Å². The highest BCUT2D eigenvalue weighted by Crippen LogP contribution is 2.24. The molecule has 1 aliphatic rings. The van der Waals surface area contributed by atoms with Crippen LogP contribution in [0.4, 0.5) is 4.39 Å². The second-order valence-electron chi connectivity index (χ2n) is 4.78. The number of piperidine rings is 1. The summed E-state index contributed by atoms with van der Waals surface area (Å²) in [5.41, 5.74) is 0. The van der Waals surface area contributed by atoms with E-state index in [4.69, 9.17) is 4.74 Å². The Morgan fingerprint density at radius 2 is 2.00 bits per heavy atom. The molecule has 6 heteroatoms. The van der Waals surface area contributed by atoms with Gasteiger partial charge < -0.3 is 9.64 Å². The number of benzene rings is 1. The molecule has 0 radical (unpaired) electrons. The van der Waals surface area contributed by atoms with Crippen molar-refractivity contribution in [3.8, 4) is 5.75 Å². The van der Waals surface area contributed by atoms with Crippen LogP contribution in [0.3, 0.4) is 0 Å². The first kappa shape index (κ1) is 15.0. The highest BCUT2D eigenvalue weighted by molar-refractivity contribution is 9.10. The lowest BCUT2D eigenvalue weighted by molar-refractivity contribution is -0.143. The molecule has 1 fully saturated rings. The number of carbonyl (C=O) groups excluding carboxylic acids is 2. The molecule has 0 aromatic heterocycles. The minimum atomic E-state index is -0.575. The van der Waals surface area contributed by atoms with Gasteiger partial charge in [0.15, 0.2) is 11.6 Å². The maximum atomic E-state index is 13.6. The molecule has 0 atom stereocenters. The first-order chi connectivity index (χ1) is 9.47. The van der Waals surface area contributed by atoms with Crippen LogP contribution >= 0.6 is 15.9 Å².